The van der Waals surface area contributed by atoms with Crippen LogP contribution < -0.4 is 25.8 Å². The van der Waals surface area contributed by atoms with Gasteiger partial charge in [-0.05, 0) is 42.8 Å². The molecule has 1 amide bonds. The average molecular weight is 538 g/mol. The van der Waals surface area contributed by atoms with Gasteiger partial charge in [0.25, 0.3) is 0 Å². The number of hydrogen-bond donors (Lipinski definition) is 4. The highest BCUT2D eigenvalue weighted by Gasteiger charge is 2.30. The van der Waals surface area contributed by atoms with Crippen LogP contribution in [-0.2, 0) is 11.2 Å². The number of aliphatic imine (C=N–C) groups is 1. The molecule has 0 saturated carbocycles. The number of nitrogens with two attached hydrogens (primary N) is 1. The van der Waals surface area contributed by atoms with Crippen LogP contribution in [0.2, 0.25) is 0 Å². The van der Waals surface area contributed by atoms with Gasteiger partial charge in [-0.1, -0.05) is 0 Å². The Bertz CT molecular complexity index is 1340. The molecule has 2 atom stereocenters. The largest absolute Gasteiger partial charge is 0.493 e. The predicted molar refractivity (Wildman–Crippen MR) is 143 cm³/mol. The number of nitrogens with zero attached hydrogens (tertiary/aromatic N) is 3. The summed E-state index contributed by atoms with van der Waals surface area (Å²) < 4.78 is 38.9. The van der Waals surface area contributed by atoms with Gasteiger partial charge in [0.1, 0.15) is 42.6 Å². The van der Waals surface area contributed by atoms with E-state index in [2.05, 4.69) is 25.6 Å². The third-order valence-electron chi connectivity index (χ3n) is 6.14. The maximum absolute atomic E-state index is 15.5. The summed E-state index contributed by atoms with van der Waals surface area (Å²) in [5, 5.41) is 13.7. The number of nitrogen functional groups attached to an aromatic ring is 1. The van der Waals surface area contributed by atoms with E-state index in [-0.39, 0.29) is 41.2 Å². The molecule has 2 aromatic carbocycles. The third-order valence-corrected chi connectivity index (χ3v) is 6.14. The normalized spacial score (nSPS) is 15.9. The Balaban J connectivity index is 1.67. The van der Waals surface area contributed by atoms with Crippen LogP contribution in [0.3, 0.4) is 0 Å². The van der Waals surface area contributed by atoms with Crippen molar-refractivity contribution in [3.05, 3.63) is 77.6 Å². The summed E-state index contributed by atoms with van der Waals surface area (Å²) in [7, 11) is 1.39. The molecule has 1 aromatic heterocycles. The lowest BCUT2D eigenvalue weighted by atomic mass is 9.99. The molecule has 204 valence electrons. The zero-order valence-electron chi connectivity index (χ0n) is 21.3. The Kier molecular flexibility index (Phi) is 8.97. The van der Waals surface area contributed by atoms with Crippen molar-refractivity contribution in [3.8, 4) is 11.5 Å². The minimum absolute atomic E-state index is 0.0516. The predicted octanol–water partition coefficient (Wildman–Crippen LogP) is 3.19. The first-order valence-electron chi connectivity index (χ1n) is 12.3. The van der Waals surface area contributed by atoms with Gasteiger partial charge < -0.3 is 25.8 Å². The Hall–Kier alpha value is -4.61. The number of methoxy groups -OCH3 is 1. The van der Waals surface area contributed by atoms with Gasteiger partial charge >= 0.3 is 0 Å². The molecule has 5 N–H and O–H groups in total. The molecule has 0 aliphatic carbocycles. The first-order valence-corrected chi connectivity index (χ1v) is 12.3. The van der Waals surface area contributed by atoms with Gasteiger partial charge in [-0.3, -0.25) is 15.2 Å². The zero-order chi connectivity index (χ0) is 27.8. The van der Waals surface area contributed by atoms with Gasteiger partial charge in [-0.2, -0.15) is 0 Å². The molecule has 0 radical (unpaired) electrons. The smallest absolute Gasteiger partial charge is 0.228 e. The molecule has 0 saturated heterocycles. The van der Waals surface area contributed by atoms with Crippen LogP contribution in [0.15, 0.2) is 59.9 Å². The molecular formula is C27H29F2N7O3. The van der Waals surface area contributed by atoms with E-state index in [1.165, 1.54) is 13.2 Å². The van der Waals surface area contributed by atoms with Gasteiger partial charge in [0.15, 0.2) is 11.5 Å². The number of amides is 1. The molecule has 1 aliphatic heterocycles. The topological polar surface area (TPSA) is 148 Å². The Morgan fingerprint density at radius 3 is 2.64 bits per heavy atom. The number of aromatic nitrogens is 2. The Labute approximate surface area is 224 Å². The molecule has 3 aromatic rings. The number of carbonyl (C=O) groups is 1. The maximum Gasteiger partial charge on any atom is 0.228 e. The summed E-state index contributed by atoms with van der Waals surface area (Å²) in [4.78, 5) is 26.2. The summed E-state index contributed by atoms with van der Waals surface area (Å²) in [6.45, 7) is -0.691. The lowest BCUT2D eigenvalue weighted by molar-refractivity contribution is -0.123. The van der Waals surface area contributed by atoms with Gasteiger partial charge in [0.05, 0.1) is 7.11 Å². The Morgan fingerprint density at radius 2 is 1.97 bits per heavy atom. The van der Waals surface area contributed by atoms with E-state index in [4.69, 9.17) is 20.6 Å². The number of halogens is 2. The molecule has 10 nitrogen and oxygen atoms in total. The van der Waals surface area contributed by atoms with Crippen LogP contribution in [0.5, 0.6) is 11.5 Å². The van der Waals surface area contributed by atoms with Crippen molar-refractivity contribution in [2.45, 2.75) is 18.9 Å². The first kappa shape index (κ1) is 27.4. The van der Waals surface area contributed by atoms with Crippen LogP contribution in [-0.4, -0.2) is 54.5 Å². The number of nitrogens with one attached hydrogen (secondary N) is 3. The highest BCUT2D eigenvalue weighted by Crippen LogP contribution is 2.35. The van der Waals surface area contributed by atoms with Crippen LogP contribution >= 0.6 is 0 Å². The van der Waals surface area contributed by atoms with E-state index in [1.54, 1.807) is 42.7 Å². The number of amidine groups is 2. The van der Waals surface area contributed by atoms with Gasteiger partial charge in [0.2, 0.25) is 5.91 Å². The third kappa shape index (κ3) is 6.83. The maximum atomic E-state index is 15.5. The van der Waals surface area contributed by atoms with E-state index in [0.29, 0.717) is 36.5 Å². The molecule has 0 bridgehead atoms. The lowest BCUT2D eigenvalue weighted by Crippen LogP contribution is -2.40. The van der Waals surface area contributed by atoms with Crippen LogP contribution in [0.1, 0.15) is 29.4 Å². The van der Waals surface area contributed by atoms with E-state index >= 15 is 4.39 Å². The minimum Gasteiger partial charge on any atom is -0.493 e. The lowest BCUT2D eigenvalue weighted by Gasteiger charge is -2.24. The summed E-state index contributed by atoms with van der Waals surface area (Å²) in [6, 6.07) is 9.98. The number of benzene rings is 2. The average Bonchev–Trinajstić information content (AvgIpc) is 3.12. The standard InChI is InChI=1S/C27H29F2N7O3/c1-38-21-14-19(20(29)15-22(21)39-12-8-28)24(35-18-5-3-16(4-6-18)25(30)31)26-34-11-7-17(27(37)36-26)13-23-32-9-2-10-33-23/h2-6,9-10,14-15,17,24,35H,7-8,11-13H2,1H3,(H3,30,31)(H,34,36,37). The minimum atomic E-state index is -0.937. The second-order valence-corrected chi connectivity index (χ2v) is 8.74. The van der Waals surface area contributed by atoms with Crippen molar-refractivity contribution in [1.82, 2.24) is 15.3 Å². The number of hydrogen-bond acceptors (Lipinski definition) is 8. The number of alkyl halides is 1. The summed E-state index contributed by atoms with van der Waals surface area (Å²) in [6.07, 6.45) is 4.03. The number of ether oxygens (including phenoxy) is 2. The van der Waals surface area contributed by atoms with Crippen molar-refractivity contribution in [1.29, 1.82) is 5.41 Å². The van der Waals surface area contributed by atoms with Crippen molar-refractivity contribution in [3.63, 3.8) is 0 Å². The summed E-state index contributed by atoms with van der Waals surface area (Å²) >= 11 is 0. The number of anilines is 1. The number of carbonyl (C=O) groups excluding carboxylic acids is 1. The molecule has 1 aliphatic rings. The van der Waals surface area contributed by atoms with Crippen LogP contribution in [0.4, 0.5) is 14.5 Å². The van der Waals surface area contributed by atoms with Crippen molar-refractivity contribution < 1.29 is 23.0 Å². The molecule has 12 heteroatoms. The number of rotatable bonds is 11. The molecule has 2 unspecified atom stereocenters. The summed E-state index contributed by atoms with van der Waals surface area (Å²) in [5.41, 5.74) is 6.77. The molecule has 0 fully saturated rings. The van der Waals surface area contributed by atoms with Crippen molar-refractivity contribution >= 4 is 23.3 Å². The van der Waals surface area contributed by atoms with Gasteiger partial charge in [-0.25, -0.2) is 18.7 Å². The monoisotopic (exact) mass is 537 g/mol. The first-order chi connectivity index (χ1) is 18.9. The molecular weight excluding hydrogens is 508 g/mol. The molecule has 2 heterocycles. The highest BCUT2D eigenvalue weighted by molar-refractivity contribution is 6.04. The van der Waals surface area contributed by atoms with Crippen LogP contribution in [0.25, 0.3) is 0 Å². The second-order valence-electron chi connectivity index (χ2n) is 8.74. The quantitative estimate of drug-likeness (QED) is 0.217. The molecule has 0 spiro atoms. The van der Waals surface area contributed by atoms with E-state index in [9.17, 15) is 9.18 Å². The van der Waals surface area contributed by atoms with Crippen LogP contribution in [0, 0.1) is 17.1 Å². The van der Waals surface area contributed by atoms with Gasteiger partial charge in [0, 0.05) is 54.2 Å². The SMILES string of the molecule is COc1cc(C(Nc2ccc(C(=N)N)cc2)C2=NCCC(Cc3ncccn3)C(=O)N2)c(F)cc1OCCF. The van der Waals surface area contributed by atoms with E-state index < -0.39 is 24.5 Å². The van der Waals surface area contributed by atoms with Crippen molar-refractivity contribution in [2.24, 2.45) is 16.6 Å². The zero-order valence-corrected chi connectivity index (χ0v) is 21.3. The fraction of sp³-hybridized carbons (Fsp3) is 0.296. The van der Waals surface area contributed by atoms with Crippen molar-refractivity contribution in [2.75, 3.05) is 32.3 Å². The Morgan fingerprint density at radius 1 is 1.23 bits per heavy atom. The van der Waals surface area contributed by atoms with Gasteiger partial charge in [-0.15, -0.1) is 0 Å². The highest BCUT2D eigenvalue weighted by atomic mass is 19.1. The summed E-state index contributed by atoms with van der Waals surface area (Å²) in [5.74, 6) is -0.474. The van der Waals surface area contributed by atoms with E-state index in [0.717, 1.165) is 6.07 Å². The molecule has 4 rings (SSSR count). The fourth-order valence-electron chi connectivity index (χ4n) is 4.15. The fourth-order valence-corrected chi connectivity index (χ4v) is 4.15. The second kappa shape index (κ2) is 12.8. The van der Waals surface area contributed by atoms with E-state index in [1.807, 2.05) is 0 Å². The molecule has 39 heavy (non-hydrogen) atoms.